The number of hydrogen-bond donors (Lipinski definition) is 2. The first-order valence-corrected chi connectivity index (χ1v) is 5.82. The zero-order chi connectivity index (χ0) is 13.7. The van der Waals surface area contributed by atoms with E-state index in [0.717, 1.165) is 0 Å². The molecule has 98 valence electrons. The van der Waals surface area contributed by atoms with Gasteiger partial charge in [0.05, 0.1) is 11.8 Å². The van der Waals surface area contributed by atoms with Gasteiger partial charge < -0.3 is 10.4 Å². The van der Waals surface area contributed by atoms with Gasteiger partial charge in [0, 0.05) is 12.7 Å². The maximum Gasteiger partial charge on any atom is 0.252 e. The van der Waals surface area contributed by atoms with Crippen molar-refractivity contribution in [1.82, 2.24) is 10.3 Å². The summed E-state index contributed by atoms with van der Waals surface area (Å²) < 4.78 is 13.3. The van der Waals surface area contributed by atoms with E-state index in [9.17, 15) is 14.3 Å². The van der Waals surface area contributed by atoms with E-state index in [0.29, 0.717) is 18.5 Å². The van der Waals surface area contributed by atoms with Gasteiger partial charge in [-0.3, -0.25) is 9.78 Å². The number of nitrogens with one attached hydrogen (secondary N) is 1. The minimum Gasteiger partial charge on any atom is -0.506 e. The van der Waals surface area contributed by atoms with Crippen molar-refractivity contribution >= 4 is 5.91 Å². The van der Waals surface area contributed by atoms with Gasteiger partial charge in [-0.15, -0.1) is 0 Å². The Kier molecular flexibility index (Phi) is 4.07. The molecule has 0 radical (unpaired) electrons. The smallest absolute Gasteiger partial charge is 0.252 e. The van der Waals surface area contributed by atoms with Crippen LogP contribution in [0.3, 0.4) is 0 Å². The summed E-state index contributed by atoms with van der Waals surface area (Å²) in [6.07, 6.45) is 3.01. The summed E-state index contributed by atoms with van der Waals surface area (Å²) in [5, 5.41) is 11.9. The maximum atomic E-state index is 13.3. The summed E-state index contributed by atoms with van der Waals surface area (Å²) >= 11 is 0. The van der Waals surface area contributed by atoms with Crippen LogP contribution in [0.1, 0.15) is 15.9 Å². The van der Waals surface area contributed by atoms with E-state index < -0.39 is 0 Å². The highest BCUT2D eigenvalue weighted by atomic mass is 19.1. The summed E-state index contributed by atoms with van der Waals surface area (Å²) in [6.45, 7) is 0.315. The van der Waals surface area contributed by atoms with Crippen molar-refractivity contribution in [3.63, 3.8) is 0 Å². The lowest BCUT2D eigenvalue weighted by Crippen LogP contribution is -2.25. The summed E-state index contributed by atoms with van der Waals surface area (Å²) in [4.78, 5) is 15.4. The molecule has 0 saturated carbocycles. The van der Waals surface area contributed by atoms with E-state index in [4.69, 9.17) is 0 Å². The largest absolute Gasteiger partial charge is 0.506 e. The molecule has 1 aromatic heterocycles. The number of carbonyl (C=O) groups excluding carboxylic acids is 1. The number of aromatic nitrogens is 1. The second-order valence-electron chi connectivity index (χ2n) is 4.03. The van der Waals surface area contributed by atoms with Crippen LogP contribution in [-0.4, -0.2) is 22.5 Å². The van der Waals surface area contributed by atoms with E-state index >= 15 is 0 Å². The van der Waals surface area contributed by atoms with Crippen molar-refractivity contribution in [2.24, 2.45) is 0 Å². The average Bonchev–Trinajstić information content (AvgIpc) is 2.41. The summed E-state index contributed by atoms with van der Waals surface area (Å²) in [6, 6.07) is 7.76. The fourth-order valence-electron chi connectivity index (χ4n) is 1.67. The van der Waals surface area contributed by atoms with Crippen LogP contribution in [0.15, 0.2) is 42.7 Å². The monoisotopic (exact) mass is 260 g/mol. The van der Waals surface area contributed by atoms with Crippen molar-refractivity contribution in [2.45, 2.75) is 6.42 Å². The molecule has 0 bridgehead atoms. The number of benzene rings is 1. The zero-order valence-corrected chi connectivity index (χ0v) is 10.1. The lowest BCUT2D eigenvalue weighted by atomic mass is 10.1. The van der Waals surface area contributed by atoms with Gasteiger partial charge in [-0.25, -0.2) is 4.39 Å². The molecule has 0 unspecified atom stereocenters. The standard InChI is InChI=1S/C14H13FN2O2/c15-13-4-2-1-3-10(13)5-6-17-14(19)11-7-12(18)9-16-8-11/h1-4,7-9,18H,5-6H2,(H,17,19). The number of halogens is 1. The van der Waals surface area contributed by atoms with Crippen LogP contribution in [-0.2, 0) is 6.42 Å². The van der Waals surface area contributed by atoms with E-state index in [1.165, 1.54) is 24.5 Å². The van der Waals surface area contributed by atoms with E-state index in [1.54, 1.807) is 18.2 Å². The molecule has 1 amide bonds. The van der Waals surface area contributed by atoms with Crippen LogP contribution in [0, 0.1) is 5.82 Å². The molecule has 0 aliphatic rings. The van der Waals surface area contributed by atoms with Crippen molar-refractivity contribution in [3.8, 4) is 5.75 Å². The van der Waals surface area contributed by atoms with Gasteiger partial charge in [-0.05, 0) is 24.1 Å². The summed E-state index contributed by atoms with van der Waals surface area (Å²) in [7, 11) is 0. The highest BCUT2D eigenvalue weighted by molar-refractivity contribution is 5.94. The fourth-order valence-corrected chi connectivity index (χ4v) is 1.67. The molecule has 1 heterocycles. The van der Waals surface area contributed by atoms with E-state index in [2.05, 4.69) is 10.3 Å². The van der Waals surface area contributed by atoms with Crippen molar-refractivity contribution in [3.05, 3.63) is 59.7 Å². The molecule has 5 heteroatoms. The number of nitrogens with zero attached hydrogens (tertiary/aromatic N) is 1. The lowest BCUT2D eigenvalue weighted by molar-refractivity contribution is 0.0953. The highest BCUT2D eigenvalue weighted by Gasteiger charge is 2.07. The number of pyridine rings is 1. The Morgan fingerprint density at radius 3 is 2.84 bits per heavy atom. The average molecular weight is 260 g/mol. The SMILES string of the molecule is O=C(NCCc1ccccc1F)c1cncc(O)c1. The van der Waals surface area contributed by atoms with Gasteiger partial charge in [-0.1, -0.05) is 18.2 Å². The molecule has 0 atom stereocenters. The molecular weight excluding hydrogens is 247 g/mol. The van der Waals surface area contributed by atoms with Crippen LogP contribution < -0.4 is 5.32 Å². The summed E-state index contributed by atoms with van der Waals surface area (Å²) in [5.74, 6) is -0.697. The summed E-state index contributed by atoms with van der Waals surface area (Å²) in [5.41, 5.74) is 0.824. The number of hydrogen-bond acceptors (Lipinski definition) is 3. The molecule has 0 saturated heterocycles. The lowest BCUT2D eigenvalue weighted by Gasteiger charge is -2.06. The fraction of sp³-hybridized carbons (Fsp3) is 0.143. The van der Waals surface area contributed by atoms with Crippen molar-refractivity contribution in [2.75, 3.05) is 6.54 Å². The Labute approximate surface area is 109 Å². The predicted molar refractivity (Wildman–Crippen MR) is 68.3 cm³/mol. The van der Waals surface area contributed by atoms with Gasteiger partial charge in [0.15, 0.2) is 0 Å². The van der Waals surface area contributed by atoms with E-state index in [1.807, 2.05) is 0 Å². The third-order valence-corrected chi connectivity index (χ3v) is 2.62. The van der Waals surface area contributed by atoms with Crippen LogP contribution in [0.25, 0.3) is 0 Å². The molecule has 0 aliphatic carbocycles. The molecule has 2 rings (SSSR count). The van der Waals surface area contributed by atoms with Crippen molar-refractivity contribution in [1.29, 1.82) is 0 Å². The van der Waals surface area contributed by atoms with Gasteiger partial charge >= 0.3 is 0 Å². The molecule has 4 nitrogen and oxygen atoms in total. The van der Waals surface area contributed by atoms with Crippen LogP contribution in [0.4, 0.5) is 4.39 Å². The number of rotatable bonds is 4. The normalized spacial score (nSPS) is 10.2. The first-order chi connectivity index (χ1) is 9.16. The Morgan fingerprint density at radius 2 is 2.11 bits per heavy atom. The third kappa shape index (κ3) is 3.51. The zero-order valence-electron chi connectivity index (χ0n) is 10.1. The third-order valence-electron chi connectivity index (χ3n) is 2.62. The number of carbonyl (C=O) groups is 1. The molecule has 2 N–H and O–H groups in total. The molecule has 0 fully saturated rings. The van der Waals surface area contributed by atoms with Gasteiger partial charge in [0.25, 0.3) is 5.91 Å². The minimum absolute atomic E-state index is 0.0678. The van der Waals surface area contributed by atoms with Gasteiger partial charge in [0.1, 0.15) is 11.6 Å². The van der Waals surface area contributed by atoms with Gasteiger partial charge in [-0.2, -0.15) is 0 Å². The van der Waals surface area contributed by atoms with Crippen molar-refractivity contribution < 1.29 is 14.3 Å². The predicted octanol–water partition coefficient (Wildman–Crippen LogP) is 1.90. The minimum atomic E-state index is -0.347. The molecule has 19 heavy (non-hydrogen) atoms. The Balaban J connectivity index is 1.90. The molecule has 0 spiro atoms. The second-order valence-corrected chi connectivity index (χ2v) is 4.03. The Hall–Kier alpha value is -2.43. The molecule has 2 aromatic rings. The van der Waals surface area contributed by atoms with Gasteiger partial charge in [0.2, 0.25) is 0 Å². The first-order valence-electron chi connectivity index (χ1n) is 5.82. The van der Waals surface area contributed by atoms with Crippen LogP contribution in [0.5, 0.6) is 5.75 Å². The number of amides is 1. The highest BCUT2D eigenvalue weighted by Crippen LogP contribution is 2.09. The quantitative estimate of drug-likeness (QED) is 0.882. The maximum absolute atomic E-state index is 13.3. The number of aromatic hydroxyl groups is 1. The Bertz CT molecular complexity index is 587. The second kappa shape index (κ2) is 5.95. The molecular formula is C14H13FN2O2. The molecule has 0 aliphatic heterocycles. The van der Waals surface area contributed by atoms with Crippen LogP contribution >= 0.6 is 0 Å². The topological polar surface area (TPSA) is 62.2 Å². The van der Waals surface area contributed by atoms with E-state index in [-0.39, 0.29) is 23.0 Å². The first kappa shape index (κ1) is 13.0. The van der Waals surface area contributed by atoms with Crippen LogP contribution in [0.2, 0.25) is 0 Å². The Morgan fingerprint density at radius 1 is 1.32 bits per heavy atom. The molecule has 1 aromatic carbocycles.